The summed E-state index contributed by atoms with van der Waals surface area (Å²) in [4.78, 5) is 0.353. The molecule has 4 nitrogen and oxygen atoms in total. The normalized spacial score (nSPS) is 11.3. The standard InChI is InChI=1S/C11H18N2O2S.ClH/c1-10-5-4-6-11(9-10)16(14,15)13(3)8-7-12-2;/h4-6,9,12H,7-8H2,1-3H3;1H. The van der Waals surface area contributed by atoms with Crippen LogP contribution in [0.1, 0.15) is 5.56 Å². The van der Waals surface area contributed by atoms with Gasteiger partial charge < -0.3 is 5.32 Å². The molecule has 0 aromatic heterocycles. The fourth-order valence-electron chi connectivity index (χ4n) is 1.35. The molecule has 0 aliphatic carbocycles. The van der Waals surface area contributed by atoms with Crippen molar-refractivity contribution in [3.63, 3.8) is 0 Å². The van der Waals surface area contributed by atoms with Crippen LogP contribution < -0.4 is 5.32 Å². The second kappa shape index (κ2) is 6.96. The minimum atomic E-state index is -3.34. The molecule has 0 amide bonds. The van der Waals surface area contributed by atoms with E-state index in [1.54, 1.807) is 32.3 Å². The van der Waals surface area contributed by atoms with Gasteiger partial charge in [-0.3, -0.25) is 0 Å². The molecule has 0 aliphatic heterocycles. The van der Waals surface area contributed by atoms with Gasteiger partial charge in [-0.05, 0) is 31.7 Å². The molecule has 0 fully saturated rings. The van der Waals surface area contributed by atoms with Gasteiger partial charge in [0.05, 0.1) is 4.90 Å². The third-order valence-electron chi connectivity index (χ3n) is 2.37. The second-order valence-corrected chi connectivity index (χ2v) is 5.79. The van der Waals surface area contributed by atoms with Crippen LogP contribution in [0.3, 0.4) is 0 Å². The minimum Gasteiger partial charge on any atom is -0.318 e. The van der Waals surface area contributed by atoms with Crippen molar-refractivity contribution in [2.45, 2.75) is 11.8 Å². The molecule has 0 spiro atoms. The van der Waals surface area contributed by atoms with Crippen LogP contribution in [-0.4, -0.2) is 39.9 Å². The van der Waals surface area contributed by atoms with Gasteiger partial charge in [0.25, 0.3) is 0 Å². The maximum atomic E-state index is 12.1. The number of benzene rings is 1. The number of nitrogens with one attached hydrogen (secondary N) is 1. The molecule has 0 radical (unpaired) electrons. The van der Waals surface area contributed by atoms with Gasteiger partial charge >= 0.3 is 0 Å². The van der Waals surface area contributed by atoms with Crippen LogP contribution >= 0.6 is 12.4 Å². The average Bonchev–Trinajstić information content (AvgIpc) is 2.25. The number of hydrogen-bond acceptors (Lipinski definition) is 3. The number of nitrogens with zero attached hydrogens (tertiary/aromatic N) is 1. The molecule has 0 saturated heterocycles. The molecule has 1 rings (SSSR count). The Kier molecular flexibility index (Phi) is 6.70. The molecular formula is C11H19ClN2O2S. The van der Waals surface area contributed by atoms with E-state index in [9.17, 15) is 8.42 Å². The van der Waals surface area contributed by atoms with Gasteiger partial charge in [-0.2, -0.15) is 4.31 Å². The molecule has 98 valence electrons. The summed E-state index contributed by atoms with van der Waals surface area (Å²) in [7, 11) is 0.0506. The van der Waals surface area contributed by atoms with Crippen LogP contribution in [0.4, 0.5) is 0 Å². The number of aryl methyl sites for hydroxylation is 1. The Labute approximate surface area is 109 Å². The van der Waals surface area contributed by atoms with Crippen LogP contribution in [0.15, 0.2) is 29.2 Å². The Bertz CT molecular complexity index is 449. The van der Waals surface area contributed by atoms with E-state index < -0.39 is 10.0 Å². The number of halogens is 1. The van der Waals surface area contributed by atoms with E-state index in [0.29, 0.717) is 18.0 Å². The zero-order valence-electron chi connectivity index (χ0n) is 10.3. The van der Waals surface area contributed by atoms with Crippen molar-refractivity contribution in [3.05, 3.63) is 29.8 Å². The first-order valence-electron chi connectivity index (χ1n) is 5.16. The second-order valence-electron chi connectivity index (χ2n) is 3.75. The summed E-state index contributed by atoms with van der Waals surface area (Å²) >= 11 is 0. The van der Waals surface area contributed by atoms with E-state index in [1.807, 2.05) is 13.0 Å². The highest BCUT2D eigenvalue weighted by Crippen LogP contribution is 2.14. The summed E-state index contributed by atoms with van der Waals surface area (Å²) < 4.78 is 25.5. The van der Waals surface area contributed by atoms with Crippen molar-refractivity contribution in [1.29, 1.82) is 0 Å². The Morgan fingerprint density at radius 2 is 2.00 bits per heavy atom. The van der Waals surface area contributed by atoms with E-state index >= 15 is 0 Å². The first-order valence-corrected chi connectivity index (χ1v) is 6.60. The smallest absolute Gasteiger partial charge is 0.242 e. The third kappa shape index (κ3) is 4.27. The van der Waals surface area contributed by atoms with Gasteiger partial charge in [-0.15, -0.1) is 12.4 Å². The number of likely N-dealkylation sites (N-methyl/N-ethyl adjacent to an activating group) is 2. The van der Waals surface area contributed by atoms with Crippen molar-refractivity contribution in [2.75, 3.05) is 27.2 Å². The van der Waals surface area contributed by atoms with Gasteiger partial charge in [-0.1, -0.05) is 12.1 Å². The molecule has 1 aromatic carbocycles. The van der Waals surface area contributed by atoms with E-state index in [0.717, 1.165) is 5.56 Å². The lowest BCUT2D eigenvalue weighted by Crippen LogP contribution is -2.32. The lowest BCUT2D eigenvalue weighted by molar-refractivity contribution is 0.466. The molecule has 0 bridgehead atoms. The Balaban J connectivity index is 0.00000256. The quantitative estimate of drug-likeness (QED) is 0.882. The summed E-state index contributed by atoms with van der Waals surface area (Å²) in [5, 5.41) is 2.93. The van der Waals surface area contributed by atoms with Gasteiger partial charge in [-0.25, -0.2) is 8.42 Å². The predicted molar refractivity (Wildman–Crippen MR) is 72.2 cm³/mol. The maximum absolute atomic E-state index is 12.1. The fraction of sp³-hybridized carbons (Fsp3) is 0.455. The van der Waals surface area contributed by atoms with Crippen LogP contribution in [0.2, 0.25) is 0 Å². The Morgan fingerprint density at radius 1 is 1.35 bits per heavy atom. The lowest BCUT2D eigenvalue weighted by atomic mass is 10.2. The summed E-state index contributed by atoms with van der Waals surface area (Å²) in [6.45, 7) is 2.99. The van der Waals surface area contributed by atoms with Gasteiger partial charge in [0.1, 0.15) is 0 Å². The van der Waals surface area contributed by atoms with E-state index in [-0.39, 0.29) is 12.4 Å². The summed E-state index contributed by atoms with van der Waals surface area (Å²) in [5.41, 5.74) is 0.947. The van der Waals surface area contributed by atoms with Crippen molar-refractivity contribution in [3.8, 4) is 0 Å². The molecule has 17 heavy (non-hydrogen) atoms. The monoisotopic (exact) mass is 278 g/mol. The summed E-state index contributed by atoms with van der Waals surface area (Å²) in [6.07, 6.45) is 0. The predicted octanol–water partition coefficient (Wildman–Crippen LogP) is 1.26. The molecular weight excluding hydrogens is 260 g/mol. The van der Waals surface area contributed by atoms with E-state index in [1.165, 1.54) is 4.31 Å². The average molecular weight is 279 g/mol. The van der Waals surface area contributed by atoms with Crippen LogP contribution in [0.5, 0.6) is 0 Å². The topological polar surface area (TPSA) is 49.4 Å². The van der Waals surface area contributed by atoms with Crippen molar-refractivity contribution < 1.29 is 8.42 Å². The van der Waals surface area contributed by atoms with Crippen molar-refractivity contribution >= 4 is 22.4 Å². The summed E-state index contributed by atoms with van der Waals surface area (Å²) in [6, 6.07) is 6.95. The van der Waals surface area contributed by atoms with Crippen LogP contribution in [0, 0.1) is 6.92 Å². The van der Waals surface area contributed by atoms with Crippen LogP contribution in [0.25, 0.3) is 0 Å². The van der Waals surface area contributed by atoms with Gasteiger partial charge in [0.15, 0.2) is 0 Å². The Morgan fingerprint density at radius 3 is 2.53 bits per heavy atom. The molecule has 0 saturated carbocycles. The van der Waals surface area contributed by atoms with Gasteiger partial charge in [0, 0.05) is 20.1 Å². The maximum Gasteiger partial charge on any atom is 0.242 e. The highest BCUT2D eigenvalue weighted by molar-refractivity contribution is 7.89. The molecule has 0 heterocycles. The largest absolute Gasteiger partial charge is 0.318 e. The lowest BCUT2D eigenvalue weighted by Gasteiger charge is -2.17. The first-order chi connectivity index (χ1) is 7.48. The molecule has 0 unspecified atom stereocenters. The van der Waals surface area contributed by atoms with E-state index in [2.05, 4.69) is 5.32 Å². The zero-order chi connectivity index (χ0) is 12.2. The molecule has 6 heteroatoms. The number of hydrogen-bond donors (Lipinski definition) is 1. The Hall–Kier alpha value is -0.620. The minimum absolute atomic E-state index is 0. The molecule has 1 N–H and O–H groups in total. The van der Waals surface area contributed by atoms with E-state index in [4.69, 9.17) is 0 Å². The van der Waals surface area contributed by atoms with Crippen molar-refractivity contribution in [1.82, 2.24) is 9.62 Å². The molecule has 0 atom stereocenters. The number of rotatable bonds is 5. The highest BCUT2D eigenvalue weighted by Gasteiger charge is 2.19. The van der Waals surface area contributed by atoms with Crippen molar-refractivity contribution in [2.24, 2.45) is 0 Å². The van der Waals surface area contributed by atoms with Crippen LogP contribution in [-0.2, 0) is 10.0 Å². The zero-order valence-corrected chi connectivity index (χ0v) is 11.9. The fourth-order valence-corrected chi connectivity index (χ4v) is 2.62. The number of sulfonamides is 1. The molecule has 1 aromatic rings. The highest BCUT2D eigenvalue weighted by atomic mass is 35.5. The van der Waals surface area contributed by atoms with Gasteiger partial charge in [0.2, 0.25) is 10.0 Å². The molecule has 0 aliphatic rings. The third-order valence-corrected chi connectivity index (χ3v) is 4.23. The first kappa shape index (κ1) is 16.4. The SMILES string of the molecule is CNCCN(C)S(=O)(=O)c1cccc(C)c1.Cl. The summed E-state index contributed by atoms with van der Waals surface area (Å²) in [5.74, 6) is 0.